The van der Waals surface area contributed by atoms with Crippen LogP contribution in [0.4, 0.5) is 0 Å². The molecule has 12 heavy (non-hydrogen) atoms. The van der Waals surface area contributed by atoms with E-state index in [9.17, 15) is 4.79 Å². The zero-order valence-corrected chi connectivity index (χ0v) is 7.47. The number of Topliss-reactive ketones (excluding diaryl/α,β-unsaturated/α-hetero) is 1. The summed E-state index contributed by atoms with van der Waals surface area (Å²) in [6.07, 6.45) is 1.16. The minimum Gasteiger partial charge on any atom is -0.373 e. The Morgan fingerprint density at radius 3 is 3.17 bits per heavy atom. The van der Waals surface area contributed by atoms with Crippen molar-refractivity contribution in [1.82, 2.24) is 0 Å². The van der Waals surface area contributed by atoms with Gasteiger partial charge in [-0.3, -0.25) is 4.79 Å². The zero-order chi connectivity index (χ0) is 8.39. The van der Waals surface area contributed by atoms with Gasteiger partial charge in [0.15, 0.2) is 0 Å². The molecule has 1 atom stereocenters. The van der Waals surface area contributed by atoms with Gasteiger partial charge in [0.1, 0.15) is 5.78 Å². The molecular formula is C9H10O2S. The van der Waals surface area contributed by atoms with Gasteiger partial charge in [-0.2, -0.15) is 11.3 Å². The van der Waals surface area contributed by atoms with E-state index in [0.717, 1.165) is 5.56 Å². The van der Waals surface area contributed by atoms with Gasteiger partial charge in [-0.1, -0.05) is 0 Å². The van der Waals surface area contributed by atoms with Crippen molar-refractivity contribution in [3.63, 3.8) is 0 Å². The number of hydrogen-bond donors (Lipinski definition) is 0. The molecule has 0 saturated carbocycles. The molecule has 1 fully saturated rings. The first kappa shape index (κ1) is 7.95. The fourth-order valence-electron chi connectivity index (χ4n) is 1.36. The molecule has 64 valence electrons. The van der Waals surface area contributed by atoms with Gasteiger partial charge in [0, 0.05) is 12.8 Å². The van der Waals surface area contributed by atoms with Gasteiger partial charge in [0.2, 0.25) is 0 Å². The highest BCUT2D eigenvalue weighted by Crippen LogP contribution is 2.27. The minimum absolute atomic E-state index is 0.0255. The van der Waals surface area contributed by atoms with Crippen LogP contribution in [0.25, 0.3) is 0 Å². The highest BCUT2D eigenvalue weighted by atomic mass is 32.1. The first-order valence-electron chi connectivity index (χ1n) is 4.01. The Balaban J connectivity index is 2.09. The number of carbonyl (C=O) groups is 1. The van der Waals surface area contributed by atoms with Crippen molar-refractivity contribution in [1.29, 1.82) is 0 Å². The average Bonchev–Trinajstić information content (AvgIpc) is 2.56. The van der Waals surface area contributed by atoms with E-state index >= 15 is 0 Å². The smallest absolute Gasteiger partial charge is 0.138 e. The minimum atomic E-state index is 0.0255. The Morgan fingerprint density at radius 2 is 2.50 bits per heavy atom. The Hall–Kier alpha value is -0.670. The van der Waals surface area contributed by atoms with Gasteiger partial charge in [-0.05, 0) is 22.4 Å². The number of ether oxygens (including phenoxy) is 1. The highest BCUT2D eigenvalue weighted by Gasteiger charge is 2.21. The van der Waals surface area contributed by atoms with Crippen LogP contribution in [0.15, 0.2) is 16.8 Å². The van der Waals surface area contributed by atoms with Gasteiger partial charge in [0.05, 0.1) is 12.7 Å². The molecule has 1 saturated heterocycles. The largest absolute Gasteiger partial charge is 0.373 e. The van der Waals surface area contributed by atoms with Gasteiger partial charge in [0.25, 0.3) is 0 Å². The van der Waals surface area contributed by atoms with Crippen LogP contribution in [-0.4, -0.2) is 12.4 Å². The molecule has 2 heterocycles. The van der Waals surface area contributed by atoms with Crippen molar-refractivity contribution in [2.24, 2.45) is 0 Å². The summed E-state index contributed by atoms with van der Waals surface area (Å²) < 4.78 is 5.48. The lowest BCUT2D eigenvalue weighted by Gasteiger charge is -2.20. The second-order valence-electron chi connectivity index (χ2n) is 2.91. The summed E-state index contributed by atoms with van der Waals surface area (Å²) in [6.45, 7) is 0.583. The van der Waals surface area contributed by atoms with E-state index in [1.807, 2.05) is 16.8 Å². The quantitative estimate of drug-likeness (QED) is 0.665. The third-order valence-electron chi connectivity index (χ3n) is 2.03. The molecule has 1 aliphatic heterocycles. The monoisotopic (exact) mass is 182 g/mol. The molecule has 1 aromatic rings. The van der Waals surface area contributed by atoms with E-state index in [1.54, 1.807) is 11.3 Å². The number of rotatable bonds is 1. The lowest BCUT2D eigenvalue weighted by atomic mass is 10.0. The molecule has 0 bridgehead atoms. The third kappa shape index (κ3) is 1.57. The molecule has 0 amide bonds. The highest BCUT2D eigenvalue weighted by molar-refractivity contribution is 7.07. The van der Waals surface area contributed by atoms with Crippen LogP contribution >= 0.6 is 11.3 Å². The van der Waals surface area contributed by atoms with Crippen LogP contribution in [0.5, 0.6) is 0 Å². The number of thiophene rings is 1. The lowest BCUT2D eigenvalue weighted by molar-refractivity contribution is -0.128. The van der Waals surface area contributed by atoms with Gasteiger partial charge >= 0.3 is 0 Å². The summed E-state index contributed by atoms with van der Waals surface area (Å²) in [5.74, 6) is 0.317. The van der Waals surface area contributed by atoms with Crippen LogP contribution in [0.1, 0.15) is 24.5 Å². The second-order valence-corrected chi connectivity index (χ2v) is 3.69. The fraction of sp³-hybridized carbons (Fsp3) is 0.444. The van der Waals surface area contributed by atoms with Crippen LogP contribution in [0, 0.1) is 0 Å². The maximum Gasteiger partial charge on any atom is 0.138 e. The first-order chi connectivity index (χ1) is 5.86. The molecule has 1 aromatic heterocycles. The maximum absolute atomic E-state index is 11.1. The SMILES string of the molecule is O=C1CCOC(c2ccsc2)C1. The van der Waals surface area contributed by atoms with Crippen molar-refractivity contribution in [3.8, 4) is 0 Å². The number of ketones is 1. The van der Waals surface area contributed by atoms with Crippen LogP contribution in [0.2, 0.25) is 0 Å². The molecular weight excluding hydrogens is 172 g/mol. The van der Waals surface area contributed by atoms with E-state index in [4.69, 9.17) is 4.74 Å². The van der Waals surface area contributed by atoms with E-state index in [2.05, 4.69) is 0 Å². The summed E-state index contributed by atoms with van der Waals surface area (Å²) in [5, 5.41) is 4.06. The summed E-state index contributed by atoms with van der Waals surface area (Å²) in [4.78, 5) is 11.1. The van der Waals surface area contributed by atoms with Crippen molar-refractivity contribution >= 4 is 17.1 Å². The molecule has 0 aliphatic carbocycles. The van der Waals surface area contributed by atoms with E-state index in [-0.39, 0.29) is 6.10 Å². The molecule has 1 unspecified atom stereocenters. The normalized spacial score (nSPS) is 24.3. The van der Waals surface area contributed by atoms with Crippen LogP contribution < -0.4 is 0 Å². The molecule has 0 radical (unpaired) electrons. The molecule has 1 aliphatic rings. The predicted octanol–water partition coefficient (Wildman–Crippen LogP) is 2.17. The Bertz CT molecular complexity index is 266. The van der Waals surface area contributed by atoms with Crippen molar-refractivity contribution in [2.75, 3.05) is 6.61 Å². The number of hydrogen-bond acceptors (Lipinski definition) is 3. The molecule has 2 rings (SSSR count). The topological polar surface area (TPSA) is 26.3 Å². The van der Waals surface area contributed by atoms with Gasteiger partial charge in [-0.25, -0.2) is 0 Å². The summed E-state index contributed by atoms with van der Waals surface area (Å²) in [7, 11) is 0. The second kappa shape index (κ2) is 3.37. The molecule has 3 heteroatoms. The van der Waals surface area contributed by atoms with Crippen LogP contribution in [-0.2, 0) is 9.53 Å². The third-order valence-corrected chi connectivity index (χ3v) is 2.73. The number of carbonyl (C=O) groups excluding carboxylic acids is 1. The van der Waals surface area contributed by atoms with Gasteiger partial charge < -0.3 is 4.74 Å². The molecule has 2 nitrogen and oxygen atoms in total. The van der Waals surface area contributed by atoms with E-state index < -0.39 is 0 Å². The predicted molar refractivity (Wildman–Crippen MR) is 47.3 cm³/mol. The Morgan fingerprint density at radius 1 is 1.58 bits per heavy atom. The van der Waals surface area contributed by atoms with Crippen LogP contribution in [0.3, 0.4) is 0 Å². The molecule has 0 aromatic carbocycles. The average molecular weight is 182 g/mol. The molecule has 0 spiro atoms. The van der Waals surface area contributed by atoms with E-state index in [0.29, 0.717) is 25.2 Å². The van der Waals surface area contributed by atoms with E-state index in [1.165, 1.54) is 0 Å². The molecule has 0 N–H and O–H groups in total. The summed E-state index contributed by atoms with van der Waals surface area (Å²) in [6, 6.07) is 2.02. The summed E-state index contributed by atoms with van der Waals surface area (Å²) >= 11 is 1.64. The maximum atomic E-state index is 11.1. The lowest BCUT2D eigenvalue weighted by Crippen LogP contribution is -2.18. The van der Waals surface area contributed by atoms with Gasteiger partial charge in [-0.15, -0.1) is 0 Å². The standard InChI is InChI=1S/C9H10O2S/c10-8-1-3-11-9(5-8)7-2-4-12-6-7/h2,4,6,9H,1,3,5H2. The van der Waals surface area contributed by atoms with Crippen molar-refractivity contribution in [3.05, 3.63) is 22.4 Å². The summed E-state index contributed by atoms with van der Waals surface area (Å²) in [5.41, 5.74) is 1.15. The Labute approximate surface area is 75.2 Å². The fourth-order valence-corrected chi connectivity index (χ4v) is 2.06. The van der Waals surface area contributed by atoms with Crippen molar-refractivity contribution < 1.29 is 9.53 Å². The van der Waals surface area contributed by atoms with Crippen molar-refractivity contribution in [2.45, 2.75) is 18.9 Å². The Kier molecular flexibility index (Phi) is 2.23. The zero-order valence-electron chi connectivity index (χ0n) is 6.66. The first-order valence-corrected chi connectivity index (χ1v) is 4.96.